The van der Waals surface area contributed by atoms with Crippen LogP contribution in [0.25, 0.3) is 21.9 Å². The van der Waals surface area contributed by atoms with Crippen molar-refractivity contribution in [3.63, 3.8) is 0 Å². The van der Waals surface area contributed by atoms with E-state index in [4.69, 9.17) is 5.73 Å². The largest absolute Gasteiger partial charge is 0.507 e. The van der Waals surface area contributed by atoms with Crippen molar-refractivity contribution in [2.24, 2.45) is 5.73 Å². The molecular weight excluding hydrogens is 234 g/mol. The molecule has 0 aromatic heterocycles. The summed E-state index contributed by atoms with van der Waals surface area (Å²) >= 11 is 0. The highest BCUT2D eigenvalue weighted by atomic mass is 16.3. The molecule has 3 aromatic carbocycles. The molecule has 3 N–H and O–H groups in total. The van der Waals surface area contributed by atoms with E-state index >= 15 is 0 Å². The van der Waals surface area contributed by atoms with Crippen LogP contribution in [-0.2, 0) is 6.54 Å². The highest BCUT2D eigenvalue weighted by Crippen LogP contribution is 2.36. The fourth-order valence-electron chi connectivity index (χ4n) is 2.40. The lowest BCUT2D eigenvalue weighted by Gasteiger charge is -2.10. The number of aromatic hydroxyl groups is 1. The maximum absolute atomic E-state index is 10.2. The van der Waals surface area contributed by atoms with Crippen LogP contribution in [0.1, 0.15) is 5.56 Å². The van der Waals surface area contributed by atoms with E-state index in [1.54, 1.807) is 6.07 Å². The summed E-state index contributed by atoms with van der Waals surface area (Å²) in [6.07, 6.45) is 0. The Balaban J connectivity index is 2.31. The minimum atomic E-state index is 0.305. The van der Waals surface area contributed by atoms with Crippen molar-refractivity contribution < 1.29 is 5.11 Å². The fourth-order valence-corrected chi connectivity index (χ4v) is 2.40. The first-order valence-corrected chi connectivity index (χ1v) is 6.29. The van der Waals surface area contributed by atoms with Crippen LogP contribution in [-0.4, -0.2) is 5.11 Å². The van der Waals surface area contributed by atoms with Gasteiger partial charge in [0.05, 0.1) is 0 Å². The van der Waals surface area contributed by atoms with E-state index < -0.39 is 0 Å². The minimum absolute atomic E-state index is 0.305. The van der Waals surface area contributed by atoms with Gasteiger partial charge in [0.1, 0.15) is 5.75 Å². The van der Waals surface area contributed by atoms with Crippen molar-refractivity contribution in [2.75, 3.05) is 0 Å². The standard InChI is InChI=1S/C17H15NO/c18-11-12-6-8-15-14(10-12)7-9-16(19)17(15)13-4-2-1-3-5-13/h1-10,19H,11,18H2. The number of rotatable bonds is 2. The van der Waals surface area contributed by atoms with Crippen LogP contribution in [0.4, 0.5) is 0 Å². The van der Waals surface area contributed by atoms with Gasteiger partial charge in [-0.1, -0.05) is 48.5 Å². The van der Waals surface area contributed by atoms with Crippen LogP contribution in [0.15, 0.2) is 60.7 Å². The first-order valence-electron chi connectivity index (χ1n) is 6.29. The fraction of sp³-hybridized carbons (Fsp3) is 0.0588. The summed E-state index contributed by atoms with van der Waals surface area (Å²) in [4.78, 5) is 0. The van der Waals surface area contributed by atoms with Gasteiger partial charge in [-0.3, -0.25) is 0 Å². The van der Waals surface area contributed by atoms with Gasteiger partial charge in [-0.05, 0) is 34.0 Å². The number of hydrogen-bond donors (Lipinski definition) is 2. The Labute approximate surface area is 112 Å². The van der Waals surface area contributed by atoms with E-state index in [1.165, 1.54) is 0 Å². The van der Waals surface area contributed by atoms with Crippen molar-refractivity contribution >= 4 is 10.8 Å². The third kappa shape index (κ3) is 2.07. The Morgan fingerprint density at radius 2 is 1.68 bits per heavy atom. The van der Waals surface area contributed by atoms with Crippen molar-refractivity contribution in [3.05, 3.63) is 66.2 Å². The molecule has 0 aliphatic rings. The van der Waals surface area contributed by atoms with E-state index in [0.29, 0.717) is 12.3 Å². The highest BCUT2D eigenvalue weighted by Gasteiger charge is 2.09. The van der Waals surface area contributed by atoms with Gasteiger partial charge in [-0.15, -0.1) is 0 Å². The lowest BCUT2D eigenvalue weighted by atomic mass is 9.96. The zero-order chi connectivity index (χ0) is 13.2. The summed E-state index contributed by atoms with van der Waals surface area (Å²) in [5.74, 6) is 0.305. The summed E-state index contributed by atoms with van der Waals surface area (Å²) in [7, 11) is 0. The quantitative estimate of drug-likeness (QED) is 0.728. The maximum atomic E-state index is 10.2. The maximum Gasteiger partial charge on any atom is 0.124 e. The lowest BCUT2D eigenvalue weighted by molar-refractivity contribution is 0.478. The third-order valence-corrected chi connectivity index (χ3v) is 3.36. The Morgan fingerprint density at radius 3 is 2.42 bits per heavy atom. The summed E-state index contributed by atoms with van der Waals surface area (Å²) < 4.78 is 0. The van der Waals surface area contributed by atoms with E-state index in [1.807, 2.05) is 48.5 Å². The molecule has 0 aliphatic heterocycles. The first-order chi connectivity index (χ1) is 9.29. The van der Waals surface area contributed by atoms with Gasteiger partial charge in [0.2, 0.25) is 0 Å². The SMILES string of the molecule is NCc1ccc2c(-c3ccccc3)c(O)ccc2c1. The Kier molecular flexibility index (Phi) is 2.94. The van der Waals surface area contributed by atoms with Gasteiger partial charge in [0.15, 0.2) is 0 Å². The van der Waals surface area contributed by atoms with Crippen LogP contribution in [0.5, 0.6) is 5.75 Å². The second-order valence-electron chi connectivity index (χ2n) is 4.59. The second-order valence-corrected chi connectivity index (χ2v) is 4.59. The first kappa shape index (κ1) is 11.8. The van der Waals surface area contributed by atoms with Gasteiger partial charge in [-0.25, -0.2) is 0 Å². The molecule has 3 rings (SSSR count). The molecule has 0 amide bonds. The molecule has 19 heavy (non-hydrogen) atoms. The lowest BCUT2D eigenvalue weighted by Crippen LogP contribution is -1.95. The third-order valence-electron chi connectivity index (χ3n) is 3.36. The van der Waals surface area contributed by atoms with Gasteiger partial charge < -0.3 is 10.8 Å². The molecule has 94 valence electrons. The Bertz CT molecular complexity index is 720. The smallest absolute Gasteiger partial charge is 0.124 e. The van der Waals surface area contributed by atoms with Gasteiger partial charge in [-0.2, -0.15) is 0 Å². The molecule has 0 bridgehead atoms. The number of nitrogens with two attached hydrogens (primary N) is 1. The van der Waals surface area contributed by atoms with Crippen LogP contribution < -0.4 is 5.73 Å². The molecule has 0 unspecified atom stereocenters. The average molecular weight is 249 g/mol. The summed E-state index contributed by atoms with van der Waals surface area (Å²) in [5.41, 5.74) is 8.66. The molecule has 0 spiro atoms. The van der Waals surface area contributed by atoms with Crippen molar-refractivity contribution in [2.45, 2.75) is 6.54 Å². The van der Waals surface area contributed by atoms with Crippen LogP contribution in [0.3, 0.4) is 0 Å². The molecule has 0 fully saturated rings. The van der Waals surface area contributed by atoms with Gasteiger partial charge in [0.25, 0.3) is 0 Å². The number of phenols is 1. The zero-order valence-corrected chi connectivity index (χ0v) is 10.5. The summed E-state index contributed by atoms with van der Waals surface area (Å²) in [6, 6.07) is 19.7. The number of phenolic OH excluding ortho intramolecular Hbond substituents is 1. The molecular formula is C17H15NO. The van der Waals surface area contributed by atoms with Crippen LogP contribution >= 0.6 is 0 Å². The summed E-state index contributed by atoms with van der Waals surface area (Å²) in [5, 5.41) is 12.3. The molecule has 0 atom stereocenters. The normalized spacial score (nSPS) is 10.8. The van der Waals surface area contributed by atoms with E-state index in [-0.39, 0.29) is 0 Å². The van der Waals surface area contributed by atoms with E-state index in [2.05, 4.69) is 6.07 Å². The second kappa shape index (κ2) is 4.75. The minimum Gasteiger partial charge on any atom is -0.507 e. The van der Waals surface area contributed by atoms with E-state index in [0.717, 1.165) is 27.5 Å². The van der Waals surface area contributed by atoms with Crippen molar-refractivity contribution in [3.8, 4) is 16.9 Å². The predicted molar refractivity (Wildman–Crippen MR) is 78.9 cm³/mol. The van der Waals surface area contributed by atoms with Crippen LogP contribution in [0.2, 0.25) is 0 Å². The molecule has 0 saturated heterocycles. The van der Waals surface area contributed by atoms with Gasteiger partial charge >= 0.3 is 0 Å². The Morgan fingerprint density at radius 1 is 0.895 bits per heavy atom. The molecule has 0 radical (unpaired) electrons. The topological polar surface area (TPSA) is 46.2 Å². The number of fused-ring (bicyclic) bond motifs is 1. The molecule has 0 saturated carbocycles. The van der Waals surface area contributed by atoms with Gasteiger partial charge in [0, 0.05) is 12.1 Å². The highest BCUT2D eigenvalue weighted by molar-refractivity contribution is 5.99. The van der Waals surface area contributed by atoms with E-state index in [9.17, 15) is 5.11 Å². The molecule has 3 aromatic rings. The number of benzene rings is 3. The molecule has 0 heterocycles. The Hall–Kier alpha value is -2.32. The summed E-state index contributed by atoms with van der Waals surface area (Å²) in [6.45, 7) is 0.525. The number of hydrogen-bond acceptors (Lipinski definition) is 2. The monoisotopic (exact) mass is 249 g/mol. The average Bonchev–Trinajstić information content (AvgIpc) is 2.47. The van der Waals surface area contributed by atoms with Crippen LogP contribution in [0, 0.1) is 0 Å². The predicted octanol–water partition coefficient (Wildman–Crippen LogP) is 3.67. The zero-order valence-electron chi connectivity index (χ0n) is 10.5. The molecule has 2 heteroatoms. The molecule has 0 aliphatic carbocycles. The molecule has 2 nitrogen and oxygen atoms in total. The van der Waals surface area contributed by atoms with Crippen molar-refractivity contribution in [1.29, 1.82) is 0 Å². The van der Waals surface area contributed by atoms with Crippen molar-refractivity contribution in [1.82, 2.24) is 0 Å².